The van der Waals surface area contributed by atoms with E-state index in [2.05, 4.69) is 10.0 Å². The molecule has 3 N–H and O–H groups in total. The summed E-state index contributed by atoms with van der Waals surface area (Å²) in [6.45, 7) is 0.776. The lowest BCUT2D eigenvalue weighted by Gasteiger charge is -2.25. The van der Waals surface area contributed by atoms with Crippen molar-refractivity contribution in [2.75, 3.05) is 39.7 Å². The third-order valence-electron chi connectivity index (χ3n) is 2.53. The predicted molar refractivity (Wildman–Crippen MR) is 74.3 cm³/mol. The first-order valence-corrected chi connectivity index (χ1v) is 7.81. The molecule has 0 aliphatic carbocycles. The van der Waals surface area contributed by atoms with Gasteiger partial charge < -0.3 is 19.9 Å². The van der Waals surface area contributed by atoms with Crippen LogP contribution in [0, 0.1) is 0 Å². The van der Waals surface area contributed by atoms with E-state index in [0.717, 1.165) is 0 Å². The molecule has 0 aliphatic rings. The predicted octanol–water partition coefficient (Wildman–Crippen LogP) is -1.45. The number of rotatable bonds is 11. The molecule has 10 heteroatoms. The van der Waals surface area contributed by atoms with Gasteiger partial charge in [-0.2, -0.15) is 0 Å². The van der Waals surface area contributed by atoms with Gasteiger partial charge in [-0.1, -0.05) is 0 Å². The number of hydrogen-bond donors (Lipinski definition) is 3. The average molecular weight is 326 g/mol. The van der Waals surface area contributed by atoms with Gasteiger partial charge in [0.1, 0.15) is 0 Å². The van der Waals surface area contributed by atoms with Crippen molar-refractivity contribution in [2.45, 2.75) is 18.9 Å². The highest BCUT2D eigenvalue weighted by Crippen LogP contribution is 2.04. The highest BCUT2D eigenvalue weighted by Gasteiger charge is 2.35. The Kier molecular flexibility index (Phi) is 8.40. The van der Waals surface area contributed by atoms with Crippen LogP contribution in [0.5, 0.6) is 0 Å². The van der Waals surface area contributed by atoms with Crippen LogP contribution in [0.2, 0.25) is 0 Å². The minimum atomic E-state index is -3.61. The van der Waals surface area contributed by atoms with Crippen LogP contribution in [0.1, 0.15) is 13.3 Å². The van der Waals surface area contributed by atoms with Crippen LogP contribution in [0.15, 0.2) is 0 Å². The Morgan fingerprint density at radius 2 is 1.86 bits per heavy atom. The van der Waals surface area contributed by atoms with E-state index < -0.39 is 34.0 Å². The van der Waals surface area contributed by atoms with Gasteiger partial charge in [0.05, 0.1) is 18.9 Å². The number of carboxylic acids is 1. The Morgan fingerprint density at radius 3 is 2.33 bits per heavy atom. The summed E-state index contributed by atoms with van der Waals surface area (Å²) >= 11 is 0. The van der Waals surface area contributed by atoms with Crippen LogP contribution in [-0.4, -0.2) is 70.7 Å². The maximum absolute atomic E-state index is 11.6. The van der Waals surface area contributed by atoms with Crippen molar-refractivity contribution in [1.82, 2.24) is 10.0 Å². The van der Waals surface area contributed by atoms with E-state index in [0.29, 0.717) is 6.42 Å². The molecule has 0 aliphatic heterocycles. The average Bonchev–Trinajstić information content (AvgIpc) is 2.37. The molecule has 9 nitrogen and oxygen atoms in total. The first kappa shape index (κ1) is 19.8. The van der Waals surface area contributed by atoms with Crippen LogP contribution >= 0.6 is 0 Å². The molecule has 0 bridgehead atoms. The normalized spacial score (nSPS) is 14.4. The molecular weight excluding hydrogens is 304 g/mol. The Hall–Kier alpha value is -1.23. The van der Waals surface area contributed by atoms with Gasteiger partial charge >= 0.3 is 5.97 Å². The summed E-state index contributed by atoms with van der Waals surface area (Å²) in [5, 5.41) is 11.3. The van der Waals surface area contributed by atoms with Crippen LogP contribution in [0.25, 0.3) is 0 Å². The van der Waals surface area contributed by atoms with E-state index in [4.69, 9.17) is 14.6 Å². The maximum atomic E-state index is 11.6. The zero-order chi connectivity index (χ0) is 16.5. The van der Waals surface area contributed by atoms with Gasteiger partial charge in [-0.25, -0.2) is 17.9 Å². The molecule has 0 radical (unpaired) electrons. The molecule has 0 fully saturated rings. The van der Waals surface area contributed by atoms with E-state index >= 15 is 0 Å². The lowest BCUT2D eigenvalue weighted by molar-refractivity contribution is -0.149. The van der Waals surface area contributed by atoms with Gasteiger partial charge in [0.2, 0.25) is 15.9 Å². The summed E-state index contributed by atoms with van der Waals surface area (Å²) in [4.78, 5) is 22.7. The molecule has 1 amide bonds. The van der Waals surface area contributed by atoms with Gasteiger partial charge in [0, 0.05) is 20.8 Å². The second-order valence-electron chi connectivity index (χ2n) is 4.60. The van der Waals surface area contributed by atoms with Gasteiger partial charge in [0.15, 0.2) is 5.54 Å². The molecule has 0 rings (SSSR count). The fourth-order valence-corrected chi connectivity index (χ4v) is 2.43. The Bertz CT molecular complexity index is 451. The molecule has 1 atom stereocenters. The minimum Gasteiger partial charge on any atom is -0.479 e. The third kappa shape index (κ3) is 7.95. The van der Waals surface area contributed by atoms with Crippen molar-refractivity contribution in [2.24, 2.45) is 0 Å². The van der Waals surface area contributed by atoms with E-state index in [1.54, 1.807) is 0 Å². The fourth-order valence-electron chi connectivity index (χ4n) is 1.43. The Morgan fingerprint density at radius 1 is 1.24 bits per heavy atom. The fraction of sp³-hybridized carbons (Fsp3) is 0.818. The van der Waals surface area contributed by atoms with Crippen molar-refractivity contribution in [3.63, 3.8) is 0 Å². The summed E-state index contributed by atoms with van der Waals surface area (Å²) in [5.74, 6) is -2.21. The second kappa shape index (κ2) is 8.93. The van der Waals surface area contributed by atoms with Crippen molar-refractivity contribution >= 4 is 21.9 Å². The first-order chi connectivity index (χ1) is 9.67. The van der Waals surface area contributed by atoms with Gasteiger partial charge in [-0.3, -0.25) is 4.79 Å². The van der Waals surface area contributed by atoms with Crippen LogP contribution in [0.4, 0.5) is 0 Å². The second-order valence-corrected chi connectivity index (χ2v) is 6.53. The number of aliphatic carboxylic acids is 1. The van der Waals surface area contributed by atoms with Gasteiger partial charge in [0.25, 0.3) is 0 Å². The molecule has 0 aromatic carbocycles. The number of carbonyl (C=O) groups excluding carboxylic acids is 1. The summed E-state index contributed by atoms with van der Waals surface area (Å²) in [5.41, 5.74) is -1.62. The number of amides is 1. The molecule has 0 saturated carbocycles. The molecule has 0 spiro atoms. The van der Waals surface area contributed by atoms with Crippen molar-refractivity contribution < 1.29 is 32.6 Å². The largest absolute Gasteiger partial charge is 0.479 e. The summed E-state index contributed by atoms with van der Waals surface area (Å²) in [6.07, 6.45) is 0.296. The van der Waals surface area contributed by atoms with Crippen LogP contribution < -0.4 is 10.0 Å². The highest BCUT2D eigenvalue weighted by molar-refractivity contribution is 7.89. The molecule has 21 heavy (non-hydrogen) atoms. The quantitative estimate of drug-likeness (QED) is 0.396. The lowest BCUT2D eigenvalue weighted by atomic mass is 10.0. The number of carbonyl (C=O) groups is 2. The number of nitrogens with one attached hydrogen (secondary N) is 2. The molecular formula is C11H22N2O7S. The molecule has 0 aromatic heterocycles. The minimum absolute atomic E-state index is 0.178. The van der Waals surface area contributed by atoms with Crippen molar-refractivity contribution in [3.8, 4) is 0 Å². The monoisotopic (exact) mass is 326 g/mol. The van der Waals surface area contributed by atoms with Crippen LogP contribution in [0.3, 0.4) is 0 Å². The topological polar surface area (TPSA) is 131 Å². The maximum Gasteiger partial charge on any atom is 0.331 e. The summed E-state index contributed by atoms with van der Waals surface area (Å²) in [6, 6.07) is 0. The molecule has 1 unspecified atom stereocenters. The zero-order valence-corrected chi connectivity index (χ0v) is 13.2. The summed E-state index contributed by atoms with van der Waals surface area (Å²) in [7, 11) is -0.855. The summed E-state index contributed by atoms with van der Waals surface area (Å²) < 4.78 is 34.7. The van der Waals surface area contributed by atoms with E-state index in [1.165, 1.54) is 21.1 Å². The van der Waals surface area contributed by atoms with E-state index in [-0.39, 0.29) is 19.0 Å². The standard InChI is InChI=1S/C11H22N2O7S/c1-11(8-20-3,10(15)16)13-9(14)7-12-21(17,18)6-4-5-19-2/h12H,4-8H2,1-3H3,(H,13,14)(H,15,16). The third-order valence-corrected chi connectivity index (χ3v) is 3.94. The molecule has 0 saturated heterocycles. The van der Waals surface area contributed by atoms with E-state index in [9.17, 15) is 18.0 Å². The number of sulfonamides is 1. The SMILES string of the molecule is COCCCS(=O)(=O)NCC(=O)NC(C)(COC)C(=O)O. The van der Waals surface area contributed by atoms with Gasteiger partial charge in [-0.05, 0) is 13.3 Å². The molecule has 0 aromatic rings. The number of hydrogen-bond acceptors (Lipinski definition) is 6. The van der Waals surface area contributed by atoms with Crippen LogP contribution in [-0.2, 0) is 29.1 Å². The van der Waals surface area contributed by atoms with Gasteiger partial charge in [-0.15, -0.1) is 0 Å². The number of methoxy groups -OCH3 is 2. The molecule has 124 valence electrons. The lowest BCUT2D eigenvalue weighted by Crippen LogP contribution is -2.57. The Balaban J connectivity index is 4.40. The number of carboxylic acid groups (broad SMARTS) is 1. The van der Waals surface area contributed by atoms with E-state index in [1.807, 2.05) is 0 Å². The first-order valence-electron chi connectivity index (χ1n) is 6.16. The Labute approximate surface area is 124 Å². The van der Waals surface area contributed by atoms with Crippen molar-refractivity contribution in [3.05, 3.63) is 0 Å². The van der Waals surface area contributed by atoms with Crippen molar-refractivity contribution in [1.29, 1.82) is 0 Å². The zero-order valence-electron chi connectivity index (χ0n) is 12.3. The number of ether oxygens (including phenoxy) is 2. The molecule has 0 heterocycles. The highest BCUT2D eigenvalue weighted by atomic mass is 32.2. The smallest absolute Gasteiger partial charge is 0.331 e.